The molecule has 0 aromatic rings. The second-order valence-corrected chi connectivity index (χ2v) is 7.62. The minimum atomic E-state index is -4.08. The highest BCUT2D eigenvalue weighted by Gasteiger charge is 2.28. The monoisotopic (exact) mass is 308 g/mol. The van der Waals surface area contributed by atoms with Gasteiger partial charge in [-0.3, -0.25) is 9.35 Å². The molecule has 0 saturated carbocycles. The fourth-order valence-electron chi connectivity index (χ4n) is 2.10. The van der Waals surface area contributed by atoms with Crippen molar-refractivity contribution < 1.29 is 22.5 Å². The molecule has 0 amide bonds. The van der Waals surface area contributed by atoms with Crippen LogP contribution in [0.5, 0.6) is 0 Å². The molecule has 5 nitrogen and oxygen atoms in total. The summed E-state index contributed by atoms with van der Waals surface area (Å²) in [5.41, 5.74) is -0.824. The summed E-state index contributed by atoms with van der Waals surface area (Å²) in [6, 6.07) is 0. The van der Waals surface area contributed by atoms with Crippen molar-refractivity contribution in [1.29, 1.82) is 0 Å². The van der Waals surface area contributed by atoms with E-state index in [1.165, 1.54) is 0 Å². The van der Waals surface area contributed by atoms with Gasteiger partial charge in [-0.05, 0) is 17.8 Å². The first-order chi connectivity index (χ1) is 9.09. The number of hydrogen-bond acceptors (Lipinski definition) is 4. The molecule has 0 aliphatic heterocycles. The maximum Gasteiger partial charge on any atom is 0.306 e. The van der Waals surface area contributed by atoms with Crippen LogP contribution in [0.2, 0.25) is 0 Å². The highest BCUT2D eigenvalue weighted by molar-refractivity contribution is 7.85. The van der Waals surface area contributed by atoms with Gasteiger partial charge in [0.05, 0.1) is 18.8 Å². The predicted molar refractivity (Wildman–Crippen MR) is 79.1 cm³/mol. The van der Waals surface area contributed by atoms with E-state index in [1.807, 2.05) is 0 Å². The van der Waals surface area contributed by atoms with Crippen molar-refractivity contribution in [1.82, 2.24) is 0 Å². The van der Waals surface area contributed by atoms with E-state index in [4.69, 9.17) is 9.29 Å². The minimum Gasteiger partial charge on any atom is -0.465 e. The molecule has 0 bridgehead atoms. The molecule has 0 aromatic carbocycles. The van der Waals surface area contributed by atoms with Crippen molar-refractivity contribution in [3.8, 4) is 0 Å². The molecule has 0 spiro atoms. The van der Waals surface area contributed by atoms with E-state index in [0.29, 0.717) is 12.5 Å². The Balaban J connectivity index is 4.21. The van der Waals surface area contributed by atoms with Crippen LogP contribution in [-0.2, 0) is 19.6 Å². The highest BCUT2D eigenvalue weighted by atomic mass is 32.2. The number of esters is 1. The summed E-state index contributed by atoms with van der Waals surface area (Å²) in [4.78, 5) is 11.7. The van der Waals surface area contributed by atoms with E-state index < -0.39 is 27.3 Å². The van der Waals surface area contributed by atoms with Gasteiger partial charge >= 0.3 is 5.97 Å². The first kappa shape index (κ1) is 19.4. The lowest BCUT2D eigenvalue weighted by Gasteiger charge is -2.22. The van der Waals surface area contributed by atoms with E-state index in [1.54, 1.807) is 13.8 Å². The third-order valence-electron chi connectivity index (χ3n) is 3.22. The molecule has 0 saturated heterocycles. The molecule has 0 aliphatic carbocycles. The summed E-state index contributed by atoms with van der Waals surface area (Å²) < 4.78 is 35.8. The zero-order chi connectivity index (χ0) is 15.8. The summed E-state index contributed by atoms with van der Waals surface area (Å²) in [6.07, 6.45) is 4.21. The lowest BCUT2D eigenvalue weighted by molar-refractivity contribution is -0.147. The Hall–Kier alpha value is -0.620. The van der Waals surface area contributed by atoms with Gasteiger partial charge in [0, 0.05) is 0 Å². The second-order valence-electron chi connectivity index (χ2n) is 6.17. The van der Waals surface area contributed by atoms with Gasteiger partial charge in [0.25, 0.3) is 10.1 Å². The summed E-state index contributed by atoms with van der Waals surface area (Å²) >= 11 is 0. The average Bonchev–Trinajstić information content (AvgIpc) is 2.25. The van der Waals surface area contributed by atoms with Crippen LogP contribution in [-0.4, -0.2) is 31.3 Å². The first-order valence-corrected chi connectivity index (χ1v) is 8.81. The number of carbonyl (C=O) groups is 1. The zero-order valence-corrected chi connectivity index (χ0v) is 13.8. The Labute approximate surface area is 122 Å². The van der Waals surface area contributed by atoms with Crippen LogP contribution < -0.4 is 0 Å². The molecule has 20 heavy (non-hydrogen) atoms. The van der Waals surface area contributed by atoms with Crippen LogP contribution in [0.1, 0.15) is 59.8 Å². The van der Waals surface area contributed by atoms with Gasteiger partial charge in [-0.15, -0.1) is 0 Å². The van der Waals surface area contributed by atoms with Gasteiger partial charge < -0.3 is 4.74 Å². The van der Waals surface area contributed by atoms with Crippen molar-refractivity contribution in [3.05, 3.63) is 0 Å². The van der Waals surface area contributed by atoms with Gasteiger partial charge in [0.1, 0.15) is 0 Å². The predicted octanol–water partition coefficient (Wildman–Crippen LogP) is 3.05. The van der Waals surface area contributed by atoms with Crippen LogP contribution in [0.15, 0.2) is 0 Å². The molecule has 0 rings (SSSR count). The SMILES string of the molecule is CCCCC(CC)COC(=O)CC(C)(C)CS(=O)(=O)O. The summed E-state index contributed by atoms with van der Waals surface area (Å²) in [6.45, 7) is 7.82. The Bertz CT molecular complexity index is 386. The average molecular weight is 308 g/mol. The Morgan fingerprint density at radius 1 is 1.30 bits per heavy atom. The van der Waals surface area contributed by atoms with Gasteiger partial charge in [0.15, 0.2) is 0 Å². The molecule has 120 valence electrons. The normalized spacial score (nSPS) is 14.1. The second kappa shape index (κ2) is 8.62. The van der Waals surface area contributed by atoms with E-state index in [0.717, 1.165) is 25.7 Å². The minimum absolute atomic E-state index is 0.0169. The number of ether oxygens (including phenoxy) is 1. The standard InChI is InChI=1S/C14H28O5S/c1-5-7-8-12(6-2)10-19-13(15)9-14(3,4)11-20(16,17)18/h12H,5-11H2,1-4H3,(H,16,17,18). The van der Waals surface area contributed by atoms with Crippen LogP contribution in [0.25, 0.3) is 0 Å². The van der Waals surface area contributed by atoms with E-state index >= 15 is 0 Å². The van der Waals surface area contributed by atoms with Crippen molar-refractivity contribution in [3.63, 3.8) is 0 Å². The molecule has 0 heterocycles. The lowest BCUT2D eigenvalue weighted by atomic mass is 9.92. The molecule has 0 aliphatic rings. The Morgan fingerprint density at radius 2 is 1.90 bits per heavy atom. The first-order valence-electron chi connectivity index (χ1n) is 7.20. The summed E-state index contributed by atoms with van der Waals surface area (Å²) in [7, 11) is -4.08. The van der Waals surface area contributed by atoms with Crippen molar-refractivity contribution >= 4 is 16.1 Å². The third kappa shape index (κ3) is 10.2. The molecule has 0 radical (unpaired) electrons. The third-order valence-corrected chi connectivity index (χ3v) is 4.37. The van der Waals surface area contributed by atoms with Gasteiger partial charge in [-0.1, -0.05) is 47.0 Å². The molecule has 0 fully saturated rings. The number of carbonyl (C=O) groups excluding carboxylic acids is 1. The number of hydrogen-bond donors (Lipinski definition) is 1. The smallest absolute Gasteiger partial charge is 0.306 e. The quantitative estimate of drug-likeness (QED) is 0.495. The Kier molecular flexibility index (Phi) is 8.35. The van der Waals surface area contributed by atoms with Crippen molar-refractivity contribution in [2.75, 3.05) is 12.4 Å². The van der Waals surface area contributed by atoms with E-state index in [9.17, 15) is 13.2 Å². The van der Waals surface area contributed by atoms with E-state index in [2.05, 4.69) is 13.8 Å². The number of rotatable bonds is 10. The molecule has 1 unspecified atom stereocenters. The van der Waals surface area contributed by atoms with Gasteiger partial charge in [0.2, 0.25) is 0 Å². The Morgan fingerprint density at radius 3 is 2.35 bits per heavy atom. The topological polar surface area (TPSA) is 80.7 Å². The van der Waals surface area contributed by atoms with Crippen LogP contribution in [0.3, 0.4) is 0 Å². The molecule has 1 atom stereocenters. The fourth-order valence-corrected chi connectivity index (χ4v) is 3.19. The molecule has 1 N–H and O–H groups in total. The maximum atomic E-state index is 11.7. The van der Waals surface area contributed by atoms with Gasteiger partial charge in [-0.2, -0.15) is 8.42 Å². The largest absolute Gasteiger partial charge is 0.465 e. The highest BCUT2D eigenvalue weighted by Crippen LogP contribution is 2.23. The summed E-state index contributed by atoms with van der Waals surface area (Å²) in [5.74, 6) is -0.487. The lowest BCUT2D eigenvalue weighted by Crippen LogP contribution is -2.28. The van der Waals surface area contributed by atoms with Crippen LogP contribution >= 0.6 is 0 Å². The maximum absolute atomic E-state index is 11.7. The summed E-state index contributed by atoms with van der Waals surface area (Å²) in [5, 5.41) is 0. The fraction of sp³-hybridized carbons (Fsp3) is 0.929. The zero-order valence-electron chi connectivity index (χ0n) is 13.0. The van der Waals surface area contributed by atoms with Crippen LogP contribution in [0.4, 0.5) is 0 Å². The van der Waals surface area contributed by atoms with E-state index in [-0.39, 0.29) is 6.42 Å². The van der Waals surface area contributed by atoms with Gasteiger partial charge in [-0.25, -0.2) is 0 Å². The number of unbranched alkanes of at least 4 members (excludes halogenated alkanes) is 1. The van der Waals surface area contributed by atoms with Crippen LogP contribution in [0, 0.1) is 11.3 Å². The molecule has 6 heteroatoms. The molecule has 0 aromatic heterocycles. The molecular weight excluding hydrogens is 280 g/mol. The van der Waals surface area contributed by atoms with Crippen molar-refractivity contribution in [2.45, 2.75) is 59.8 Å². The van der Waals surface area contributed by atoms with Crippen molar-refractivity contribution in [2.24, 2.45) is 11.3 Å². The molecular formula is C14H28O5S.